The third-order valence-electron chi connectivity index (χ3n) is 5.46. The molecule has 0 saturated carbocycles. The van der Waals surface area contributed by atoms with E-state index >= 15 is 0 Å². The number of H-pyrrole nitrogens is 2. The molecule has 2 N–H and O–H groups in total. The van der Waals surface area contributed by atoms with E-state index in [1.165, 1.54) is 16.0 Å². The Hall–Kier alpha value is -2.92. The highest BCUT2D eigenvalue weighted by Gasteiger charge is 2.22. The molecule has 140 valence electrons. The Balaban J connectivity index is 1.74. The first kappa shape index (κ1) is 17.2. The van der Waals surface area contributed by atoms with E-state index in [1.807, 2.05) is 24.3 Å². The molecule has 0 atom stereocenters. The van der Waals surface area contributed by atoms with Gasteiger partial charge in [-0.05, 0) is 82.8 Å². The smallest absolute Gasteiger partial charge is 0.306 e. The standard InChI is InChI=1S/C23H19FN2OS/c1-2-14-12-28-22-18(14)6-4-15-11-16(24)5-7-17(15)19(22)9-13-3-8-20-21(10-13)26-23(27)25-20/h3,5,7-12H,2,4,6H2,1H3,(H2,25,26,27)/b19-9-. The van der Waals surface area contributed by atoms with Crippen molar-refractivity contribution in [2.45, 2.75) is 26.2 Å². The van der Waals surface area contributed by atoms with E-state index in [0.717, 1.165) is 52.6 Å². The molecule has 0 spiro atoms. The van der Waals surface area contributed by atoms with Gasteiger partial charge in [0.25, 0.3) is 0 Å². The number of imidazole rings is 1. The summed E-state index contributed by atoms with van der Waals surface area (Å²) in [6.07, 6.45) is 4.92. The molecule has 0 saturated heterocycles. The maximum atomic E-state index is 13.9. The number of hydrogen-bond acceptors (Lipinski definition) is 2. The highest BCUT2D eigenvalue weighted by atomic mass is 32.1. The van der Waals surface area contributed by atoms with Gasteiger partial charge in [-0.1, -0.05) is 19.1 Å². The van der Waals surface area contributed by atoms with E-state index in [2.05, 4.69) is 28.3 Å². The minimum absolute atomic E-state index is 0.189. The SMILES string of the molecule is CCc1csc2c1CCc1cc(F)ccc1/C2=C/c1ccc2[nH]c(=O)[nH]c2c1. The van der Waals surface area contributed by atoms with Crippen LogP contribution in [0.4, 0.5) is 4.39 Å². The lowest BCUT2D eigenvalue weighted by Crippen LogP contribution is -1.99. The van der Waals surface area contributed by atoms with Crippen LogP contribution in [0.1, 0.15) is 39.6 Å². The predicted octanol–water partition coefficient (Wildman–Crippen LogP) is 5.31. The Kier molecular flexibility index (Phi) is 4.05. The molecule has 0 unspecified atom stereocenters. The minimum Gasteiger partial charge on any atom is -0.306 e. The zero-order chi connectivity index (χ0) is 19.3. The summed E-state index contributed by atoms with van der Waals surface area (Å²) in [5.41, 5.74) is 8.41. The number of aromatic nitrogens is 2. The van der Waals surface area contributed by atoms with Crippen molar-refractivity contribution in [3.8, 4) is 0 Å². The number of halogens is 1. The van der Waals surface area contributed by atoms with E-state index in [1.54, 1.807) is 23.5 Å². The van der Waals surface area contributed by atoms with Crippen molar-refractivity contribution in [2.24, 2.45) is 0 Å². The fraction of sp³-hybridized carbons (Fsp3) is 0.174. The van der Waals surface area contributed by atoms with Crippen molar-refractivity contribution in [1.82, 2.24) is 9.97 Å². The zero-order valence-corrected chi connectivity index (χ0v) is 16.3. The Morgan fingerprint density at radius 3 is 2.82 bits per heavy atom. The van der Waals surface area contributed by atoms with Gasteiger partial charge < -0.3 is 9.97 Å². The van der Waals surface area contributed by atoms with Crippen LogP contribution >= 0.6 is 11.3 Å². The van der Waals surface area contributed by atoms with E-state index in [4.69, 9.17) is 0 Å². The van der Waals surface area contributed by atoms with Crippen molar-refractivity contribution >= 4 is 34.0 Å². The highest BCUT2D eigenvalue weighted by molar-refractivity contribution is 7.11. The topological polar surface area (TPSA) is 48.6 Å². The summed E-state index contributed by atoms with van der Waals surface area (Å²) in [5, 5.41) is 2.25. The Morgan fingerprint density at radius 2 is 1.96 bits per heavy atom. The molecule has 5 rings (SSSR count). The maximum absolute atomic E-state index is 13.9. The first-order valence-corrected chi connectivity index (χ1v) is 10.3. The van der Waals surface area contributed by atoms with Gasteiger partial charge in [-0.2, -0.15) is 0 Å². The van der Waals surface area contributed by atoms with Crippen LogP contribution in [-0.2, 0) is 19.3 Å². The third kappa shape index (κ3) is 2.83. The van der Waals surface area contributed by atoms with Gasteiger partial charge in [-0.25, -0.2) is 9.18 Å². The molecular weight excluding hydrogens is 371 g/mol. The average molecular weight is 390 g/mol. The van der Waals surface area contributed by atoms with Crippen molar-refractivity contribution in [3.05, 3.63) is 90.8 Å². The number of aromatic amines is 2. The molecule has 0 fully saturated rings. The van der Waals surface area contributed by atoms with Gasteiger partial charge in [0.2, 0.25) is 0 Å². The van der Waals surface area contributed by atoms with E-state index in [9.17, 15) is 9.18 Å². The second-order valence-corrected chi connectivity index (χ2v) is 8.05. The van der Waals surface area contributed by atoms with Crippen LogP contribution in [0.2, 0.25) is 0 Å². The number of nitrogens with one attached hydrogen (secondary N) is 2. The number of thiophene rings is 1. The highest BCUT2D eigenvalue weighted by Crippen LogP contribution is 2.40. The molecule has 0 bridgehead atoms. The Bertz CT molecular complexity index is 1290. The second-order valence-electron chi connectivity index (χ2n) is 7.17. The first-order chi connectivity index (χ1) is 13.6. The van der Waals surface area contributed by atoms with Gasteiger partial charge in [-0.15, -0.1) is 11.3 Å². The number of hydrogen-bond donors (Lipinski definition) is 2. The van der Waals surface area contributed by atoms with Gasteiger partial charge >= 0.3 is 5.69 Å². The van der Waals surface area contributed by atoms with Gasteiger partial charge in [0.15, 0.2) is 0 Å². The summed E-state index contributed by atoms with van der Waals surface area (Å²) >= 11 is 1.77. The van der Waals surface area contributed by atoms with Crippen LogP contribution in [0.5, 0.6) is 0 Å². The van der Waals surface area contributed by atoms with Gasteiger partial charge in [-0.3, -0.25) is 0 Å². The van der Waals surface area contributed by atoms with Crippen LogP contribution in [0, 0.1) is 5.82 Å². The second kappa shape index (κ2) is 6.60. The van der Waals surface area contributed by atoms with Crippen molar-refractivity contribution in [3.63, 3.8) is 0 Å². The summed E-state index contributed by atoms with van der Waals surface area (Å²) in [5.74, 6) is -0.189. The van der Waals surface area contributed by atoms with Crippen LogP contribution < -0.4 is 5.69 Å². The molecule has 1 aliphatic carbocycles. The molecule has 2 aromatic heterocycles. The lowest BCUT2D eigenvalue weighted by Gasteiger charge is -2.10. The van der Waals surface area contributed by atoms with E-state index in [-0.39, 0.29) is 11.5 Å². The third-order valence-corrected chi connectivity index (χ3v) is 6.56. The number of aryl methyl sites for hydroxylation is 2. The summed E-state index contributed by atoms with van der Waals surface area (Å²) in [6.45, 7) is 2.18. The number of rotatable bonds is 2. The molecule has 0 aliphatic heterocycles. The van der Waals surface area contributed by atoms with Gasteiger partial charge in [0.05, 0.1) is 11.0 Å². The minimum atomic E-state index is -0.205. The molecule has 5 heteroatoms. The normalized spacial score (nSPS) is 14.9. The summed E-state index contributed by atoms with van der Waals surface area (Å²) in [6, 6.07) is 11.0. The Labute approximate surface area is 165 Å². The van der Waals surface area contributed by atoms with Crippen molar-refractivity contribution < 1.29 is 4.39 Å². The quantitative estimate of drug-likeness (QED) is 0.479. The van der Waals surface area contributed by atoms with E-state index < -0.39 is 0 Å². The summed E-state index contributed by atoms with van der Waals surface area (Å²) in [7, 11) is 0. The zero-order valence-electron chi connectivity index (χ0n) is 15.4. The predicted molar refractivity (Wildman–Crippen MR) is 113 cm³/mol. The van der Waals surface area contributed by atoms with Crippen molar-refractivity contribution in [1.29, 1.82) is 0 Å². The number of benzene rings is 2. The van der Waals surface area contributed by atoms with Crippen LogP contribution in [-0.4, -0.2) is 9.97 Å². The summed E-state index contributed by atoms with van der Waals surface area (Å²) in [4.78, 5) is 18.4. The fourth-order valence-electron chi connectivity index (χ4n) is 4.08. The largest absolute Gasteiger partial charge is 0.323 e. The molecule has 2 heterocycles. The molecule has 2 aromatic carbocycles. The van der Waals surface area contributed by atoms with E-state index in [0.29, 0.717) is 0 Å². The summed E-state index contributed by atoms with van der Waals surface area (Å²) < 4.78 is 13.9. The molecule has 0 amide bonds. The molecular formula is C23H19FN2OS. The molecule has 0 radical (unpaired) electrons. The average Bonchev–Trinajstić information content (AvgIpc) is 3.22. The van der Waals surface area contributed by atoms with Gasteiger partial charge in [0.1, 0.15) is 5.82 Å². The fourth-order valence-corrected chi connectivity index (χ4v) is 5.32. The molecule has 3 nitrogen and oxygen atoms in total. The van der Waals surface area contributed by atoms with Crippen LogP contribution in [0.25, 0.3) is 22.7 Å². The monoisotopic (exact) mass is 390 g/mol. The first-order valence-electron chi connectivity index (χ1n) is 9.44. The number of fused-ring (bicyclic) bond motifs is 3. The Morgan fingerprint density at radius 1 is 1.11 bits per heavy atom. The van der Waals surface area contributed by atoms with Crippen molar-refractivity contribution in [2.75, 3.05) is 0 Å². The maximum Gasteiger partial charge on any atom is 0.323 e. The molecule has 4 aromatic rings. The lowest BCUT2D eigenvalue weighted by atomic mass is 9.96. The lowest BCUT2D eigenvalue weighted by molar-refractivity contribution is 0.625. The molecule has 1 aliphatic rings. The van der Waals surface area contributed by atoms with Gasteiger partial charge in [0, 0.05) is 10.5 Å². The molecule has 28 heavy (non-hydrogen) atoms. The van der Waals surface area contributed by atoms with Crippen LogP contribution in [0.15, 0.2) is 46.6 Å². The van der Waals surface area contributed by atoms with Crippen LogP contribution in [0.3, 0.4) is 0 Å².